The van der Waals surface area contributed by atoms with Crippen molar-refractivity contribution in [1.29, 1.82) is 0 Å². The lowest BCUT2D eigenvalue weighted by molar-refractivity contribution is -0.136. The highest BCUT2D eigenvalue weighted by Crippen LogP contribution is 2.22. The van der Waals surface area contributed by atoms with Crippen LogP contribution in [0, 0.1) is 0 Å². The number of hydrogen-bond donors (Lipinski definition) is 1. The largest absolute Gasteiger partial charge is 0.481 e. The zero-order valence-electron chi connectivity index (χ0n) is 10.5. The van der Waals surface area contributed by atoms with Crippen LogP contribution in [-0.2, 0) is 22.4 Å². The van der Waals surface area contributed by atoms with Gasteiger partial charge in [-0.25, -0.2) is 0 Å². The van der Waals surface area contributed by atoms with E-state index in [9.17, 15) is 9.59 Å². The minimum atomic E-state index is -0.834. The quantitative estimate of drug-likeness (QED) is 0.851. The van der Waals surface area contributed by atoms with Crippen LogP contribution in [0.5, 0.6) is 0 Å². The number of aliphatic carboxylic acids is 1. The average Bonchev–Trinajstić information content (AvgIpc) is 2.18. The molecule has 1 aromatic rings. The van der Waals surface area contributed by atoms with Crippen LogP contribution in [0.15, 0.2) is 18.2 Å². The van der Waals surface area contributed by atoms with Crippen molar-refractivity contribution in [3.05, 3.63) is 34.9 Å². The number of carboxylic acid groups (broad SMARTS) is 1. The van der Waals surface area contributed by atoms with Crippen molar-refractivity contribution < 1.29 is 14.7 Å². The Balaban J connectivity index is 3.07. The highest BCUT2D eigenvalue weighted by Gasteiger charge is 2.10. The zero-order chi connectivity index (χ0) is 13.0. The minimum absolute atomic E-state index is 0.0278. The van der Waals surface area contributed by atoms with Gasteiger partial charge in [-0.15, -0.1) is 0 Å². The second-order valence-corrected chi connectivity index (χ2v) is 4.64. The summed E-state index contributed by atoms with van der Waals surface area (Å²) in [6, 6.07) is 5.56. The van der Waals surface area contributed by atoms with Gasteiger partial charge >= 0.3 is 5.97 Å². The highest BCUT2D eigenvalue weighted by atomic mass is 16.4. The molecule has 1 rings (SSSR count). The molecule has 0 aliphatic heterocycles. The highest BCUT2D eigenvalue weighted by molar-refractivity contribution is 5.78. The van der Waals surface area contributed by atoms with E-state index < -0.39 is 5.97 Å². The fourth-order valence-corrected chi connectivity index (χ4v) is 1.90. The molecule has 0 aliphatic rings. The van der Waals surface area contributed by atoms with Gasteiger partial charge < -0.3 is 5.11 Å². The SMILES string of the molecule is CC(=O)Cc1ccc(CC(=O)O)cc1C(C)C. The molecule has 17 heavy (non-hydrogen) atoms. The molecule has 0 spiro atoms. The van der Waals surface area contributed by atoms with Crippen LogP contribution in [0.1, 0.15) is 43.4 Å². The van der Waals surface area contributed by atoms with Gasteiger partial charge in [-0.3, -0.25) is 9.59 Å². The molecule has 0 aliphatic carbocycles. The van der Waals surface area contributed by atoms with Gasteiger partial charge in [0.2, 0.25) is 0 Å². The molecule has 0 unspecified atom stereocenters. The normalized spacial score (nSPS) is 10.6. The Morgan fingerprint density at radius 1 is 1.24 bits per heavy atom. The molecule has 3 nitrogen and oxygen atoms in total. The number of carbonyl (C=O) groups is 2. The first-order chi connectivity index (χ1) is 7.90. The summed E-state index contributed by atoms with van der Waals surface area (Å²) in [5.41, 5.74) is 2.86. The van der Waals surface area contributed by atoms with Gasteiger partial charge in [-0.2, -0.15) is 0 Å². The number of rotatable bonds is 5. The van der Waals surface area contributed by atoms with Gasteiger partial charge in [0.15, 0.2) is 0 Å². The molecule has 1 aromatic carbocycles. The van der Waals surface area contributed by atoms with E-state index in [2.05, 4.69) is 0 Å². The summed E-state index contributed by atoms with van der Waals surface area (Å²) < 4.78 is 0. The Morgan fingerprint density at radius 3 is 2.35 bits per heavy atom. The Bertz CT molecular complexity index is 433. The van der Waals surface area contributed by atoms with E-state index in [4.69, 9.17) is 5.11 Å². The monoisotopic (exact) mass is 234 g/mol. The Kier molecular flexibility index (Phi) is 4.44. The second kappa shape index (κ2) is 5.62. The van der Waals surface area contributed by atoms with E-state index >= 15 is 0 Å². The molecule has 3 heteroatoms. The molecule has 0 radical (unpaired) electrons. The number of carboxylic acids is 1. The Hall–Kier alpha value is -1.64. The lowest BCUT2D eigenvalue weighted by Crippen LogP contribution is -2.06. The third kappa shape index (κ3) is 4.02. The first-order valence-corrected chi connectivity index (χ1v) is 5.73. The van der Waals surface area contributed by atoms with Gasteiger partial charge in [0, 0.05) is 6.42 Å². The average molecular weight is 234 g/mol. The molecular weight excluding hydrogens is 216 g/mol. The van der Waals surface area contributed by atoms with Gasteiger partial charge in [0.1, 0.15) is 5.78 Å². The third-order valence-corrected chi connectivity index (χ3v) is 2.63. The molecule has 0 heterocycles. The van der Waals surface area contributed by atoms with E-state index in [1.165, 1.54) is 0 Å². The summed E-state index contributed by atoms with van der Waals surface area (Å²) in [5, 5.41) is 8.76. The number of ketones is 1. The molecule has 1 N–H and O–H groups in total. The van der Waals surface area contributed by atoms with Crippen LogP contribution in [-0.4, -0.2) is 16.9 Å². The number of benzene rings is 1. The van der Waals surface area contributed by atoms with E-state index in [0.29, 0.717) is 6.42 Å². The van der Waals surface area contributed by atoms with E-state index in [1.54, 1.807) is 13.0 Å². The molecule has 0 aromatic heterocycles. The Labute approximate surface area is 101 Å². The molecule has 0 saturated heterocycles. The van der Waals surface area contributed by atoms with Crippen molar-refractivity contribution in [3.63, 3.8) is 0 Å². The van der Waals surface area contributed by atoms with Gasteiger partial charge in [-0.05, 0) is 29.5 Å². The van der Waals surface area contributed by atoms with Crippen molar-refractivity contribution in [2.75, 3.05) is 0 Å². The van der Waals surface area contributed by atoms with Crippen molar-refractivity contribution in [1.82, 2.24) is 0 Å². The summed E-state index contributed by atoms with van der Waals surface area (Å²) >= 11 is 0. The maximum atomic E-state index is 11.2. The molecule has 0 saturated carbocycles. The van der Waals surface area contributed by atoms with E-state index in [0.717, 1.165) is 16.7 Å². The summed E-state index contributed by atoms with van der Waals surface area (Å²) in [6.45, 7) is 5.66. The zero-order valence-corrected chi connectivity index (χ0v) is 10.5. The van der Waals surface area contributed by atoms with E-state index in [-0.39, 0.29) is 18.1 Å². The van der Waals surface area contributed by atoms with Crippen molar-refractivity contribution in [2.45, 2.75) is 39.5 Å². The van der Waals surface area contributed by atoms with E-state index in [1.807, 2.05) is 26.0 Å². The Morgan fingerprint density at radius 2 is 1.88 bits per heavy atom. The standard InChI is InChI=1S/C14H18O3/c1-9(2)13-7-11(8-14(16)17)4-5-12(13)6-10(3)15/h4-5,7,9H,6,8H2,1-3H3,(H,16,17). The lowest BCUT2D eigenvalue weighted by atomic mass is 9.92. The third-order valence-electron chi connectivity index (χ3n) is 2.63. The maximum absolute atomic E-state index is 11.2. The van der Waals surface area contributed by atoms with Crippen LogP contribution in [0.25, 0.3) is 0 Å². The van der Waals surface area contributed by atoms with Gasteiger partial charge in [-0.1, -0.05) is 32.0 Å². The fourth-order valence-electron chi connectivity index (χ4n) is 1.90. The van der Waals surface area contributed by atoms with Crippen molar-refractivity contribution >= 4 is 11.8 Å². The fraction of sp³-hybridized carbons (Fsp3) is 0.429. The number of carbonyl (C=O) groups excluding carboxylic acids is 1. The molecule has 0 fully saturated rings. The number of hydrogen-bond acceptors (Lipinski definition) is 2. The molecular formula is C14H18O3. The van der Waals surface area contributed by atoms with Gasteiger partial charge in [0.05, 0.1) is 6.42 Å². The van der Waals surface area contributed by atoms with Crippen LogP contribution < -0.4 is 0 Å². The van der Waals surface area contributed by atoms with Crippen molar-refractivity contribution in [3.8, 4) is 0 Å². The summed E-state index contributed by atoms with van der Waals surface area (Å²) in [7, 11) is 0. The van der Waals surface area contributed by atoms with Gasteiger partial charge in [0.25, 0.3) is 0 Å². The van der Waals surface area contributed by atoms with Crippen molar-refractivity contribution in [2.24, 2.45) is 0 Å². The molecule has 0 amide bonds. The first-order valence-electron chi connectivity index (χ1n) is 5.73. The molecule has 0 bridgehead atoms. The predicted molar refractivity (Wildman–Crippen MR) is 66.3 cm³/mol. The van der Waals surface area contributed by atoms with Crippen LogP contribution in [0.4, 0.5) is 0 Å². The first kappa shape index (κ1) is 13.4. The molecule has 0 atom stereocenters. The van der Waals surface area contributed by atoms with Crippen LogP contribution >= 0.6 is 0 Å². The van der Waals surface area contributed by atoms with Crippen LogP contribution in [0.2, 0.25) is 0 Å². The van der Waals surface area contributed by atoms with Crippen LogP contribution in [0.3, 0.4) is 0 Å². The number of Topliss-reactive ketones (excluding diaryl/α,β-unsaturated/α-hetero) is 1. The maximum Gasteiger partial charge on any atom is 0.307 e. The second-order valence-electron chi connectivity index (χ2n) is 4.64. The lowest BCUT2D eigenvalue weighted by Gasteiger charge is -2.13. The summed E-state index contributed by atoms with van der Waals surface area (Å²) in [6.07, 6.45) is 0.445. The smallest absolute Gasteiger partial charge is 0.307 e. The topological polar surface area (TPSA) is 54.4 Å². The molecule has 92 valence electrons. The summed E-state index contributed by atoms with van der Waals surface area (Å²) in [5.74, 6) is -0.421. The predicted octanol–water partition coefficient (Wildman–Crippen LogP) is 2.57. The minimum Gasteiger partial charge on any atom is -0.481 e. The summed E-state index contributed by atoms with van der Waals surface area (Å²) in [4.78, 5) is 21.8.